The molecule has 0 radical (unpaired) electrons. The number of esters is 1. The maximum absolute atomic E-state index is 11.9. The quantitative estimate of drug-likeness (QED) is 0.673. The first-order valence-electron chi connectivity index (χ1n) is 5.34. The normalized spacial score (nSPS) is 20.8. The highest BCUT2D eigenvalue weighted by Crippen LogP contribution is 2.24. The summed E-state index contributed by atoms with van der Waals surface area (Å²) in [5.41, 5.74) is 0. The fraction of sp³-hybridized carbons (Fsp3) is 0.778. The van der Waals surface area contributed by atoms with Crippen molar-refractivity contribution in [3.63, 3.8) is 0 Å². The van der Waals surface area contributed by atoms with E-state index in [9.17, 15) is 18.0 Å². The molecule has 0 aromatic heterocycles. The lowest BCUT2D eigenvalue weighted by Gasteiger charge is -2.19. The monoisotopic (exact) mass is 297 g/mol. The first-order valence-corrected chi connectivity index (χ1v) is 8.10. The predicted octanol–water partition coefficient (Wildman–Crippen LogP) is -0.271. The summed E-state index contributed by atoms with van der Waals surface area (Å²) < 4.78 is 29.4. The molecule has 1 rings (SSSR count). The minimum Gasteiger partial charge on any atom is -0.480 e. The van der Waals surface area contributed by atoms with Gasteiger partial charge in [-0.15, -0.1) is 11.8 Å². The Morgan fingerprint density at radius 3 is 2.72 bits per heavy atom. The van der Waals surface area contributed by atoms with E-state index < -0.39 is 33.8 Å². The molecule has 1 unspecified atom stereocenters. The van der Waals surface area contributed by atoms with Gasteiger partial charge in [0.25, 0.3) is 0 Å². The number of carbonyl (C=O) groups is 2. The molecule has 104 valence electrons. The zero-order valence-electron chi connectivity index (χ0n) is 9.87. The van der Waals surface area contributed by atoms with Crippen LogP contribution >= 0.6 is 11.8 Å². The molecule has 1 N–H and O–H groups in total. The second-order valence-corrected chi connectivity index (χ2v) is 6.65. The molecular formula is C9H15NO6S2. The Morgan fingerprint density at radius 2 is 2.17 bits per heavy atom. The van der Waals surface area contributed by atoms with Crippen LogP contribution in [0.25, 0.3) is 0 Å². The number of carboxylic acid groups (broad SMARTS) is 1. The van der Waals surface area contributed by atoms with Crippen LogP contribution in [-0.2, 0) is 24.3 Å². The van der Waals surface area contributed by atoms with Crippen molar-refractivity contribution in [1.82, 2.24) is 4.31 Å². The highest BCUT2D eigenvalue weighted by molar-refractivity contribution is 8.00. The number of sulfonamides is 1. The van der Waals surface area contributed by atoms with Gasteiger partial charge in [-0.05, 0) is 6.92 Å². The predicted molar refractivity (Wildman–Crippen MR) is 65.6 cm³/mol. The molecular weight excluding hydrogens is 282 g/mol. The van der Waals surface area contributed by atoms with Gasteiger partial charge in [0.1, 0.15) is 6.04 Å². The number of hydrogen-bond donors (Lipinski definition) is 1. The Labute approximate surface area is 110 Å². The summed E-state index contributed by atoms with van der Waals surface area (Å²) in [5.74, 6) is -1.84. The van der Waals surface area contributed by atoms with Gasteiger partial charge < -0.3 is 9.84 Å². The van der Waals surface area contributed by atoms with Crippen molar-refractivity contribution in [3.05, 3.63) is 0 Å². The third-order valence-corrected chi connectivity index (χ3v) is 5.35. The minimum absolute atomic E-state index is 0.113. The topological polar surface area (TPSA) is 101 Å². The number of nitrogens with zero attached hydrogens (tertiary/aromatic N) is 1. The summed E-state index contributed by atoms with van der Waals surface area (Å²) in [6, 6.07) is -1.04. The van der Waals surface area contributed by atoms with E-state index >= 15 is 0 Å². The third kappa shape index (κ3) is 3.85. The van der Waals surface area contributed by atoms with Crippen LogP contribution in [0.15, 0.2) is 0 Å². The van der Waals surface area contributed by atoms with Gasteiger partial charge in [0.15, 0.2) is 0 Å². The average Bonchev–Trinajstić information content (AvgIpc) is 2.76. The molecule has 1 fully saturated rings. The Balaban J connectivity index is 2.63. The molecule has 1 saturated heterocycles. The van der Waals surface area contributed by atoms with E-state index in [1.807, 2.05) is 0 Å². The van der Waals surface area contributed by atoms with Crippen LogP contribution in [0.5, 0.6) is 0 Å². The zero-order valence-corrected chi connectivity index (χ0v) is 11.5. The minimum atomic E-state index is -3.74. The summed E-state index contributed by atoms with van der Waals surface area (Å²) in [7, 11) is -3.74. The zero-order chi connectivity index (χ0) is 13.8. The van der Waals surface area contributed by atoms with Crippen LogP contribution in [0.3, 0.4) is 0 Å². The van der Waals surface area contributed by atoms with E-state index in [0.29, 0.717) is 0 Å². The molecule has 1 aliphatic heterocycles. The standard InChI is InChI=1S/C9H15NO6S2/c1-2-16-8(11)3-4-18(14,15)10-6-17-5-7(10)9(12)13/h7H,2-6H2,1H3,(H,12,13). The Kier molecular flexibility index (Phi) is 5.42. The van der Waals surface area contributed by atoms with Gasteiger partial charge in [-0.3, -0.25) is 9.59 Å². The fourth-order valence-corrected chi connectivity index (χ4v) is 4.64. The highest BCUT2D eigenvalue weighted by atomic mass is 32.2. The van der Waals surface area contributed by atoms with Crippen LogP contribution in [-0.4, -0.2) is 59.8 Å². The number of aliphatic carboxylic acids is 1. The van der Waals surface area contributed by atoms with Gasteiger partial charge in [0, 0.05) is 5.75 Å². The summed E-state index contributed by atoms with van der Waals surface area (Å²) in [5, 5.41) is 8.90. The van der Waals surface area contributed by atoms with Gasteiger partial charge in [-0.2, -0.15) is 4.31 Å². The first-order chi connectivity index (χ1) is 8.38. The van der Waals surface area contributed by atoms with Crippen molar-refractivity contribution >= 4 is 33.7 Å². The Hall–Kier alpha value is -0.800. The lowest BCUT2D eigenvalue weighted by atomic mass is 10.4. The van der Waals surface area contributed by atoms with Crippen molar-refractivity contribution < 1.29 is 27.9 Å². The molecule has 7 nitrogen and oxygen atoms in total. The van der Waals surface area contributed by atoms with E-state index in [4.69, 9.17) is 5.11 Å². The number of carbonyl (C=O) groups excluding carboxylic acids is 1. The van der Waals surface area contributed by atoms with E-state index in [-0.39, 0.29) is 24.7 Å². The molecule has 0 amide bonds. The first kappa shape index (κ1) is 15.3. The molecule has 0 saturated carbocycles. The van der Waals surface area contributed by atoms with Crippen molar-refractivity contribution in [1.29, 1.82) is 0 Å². The van der Waals surface area contributed by atoms with E-state index in [1.54, 1.807) is 6.92 Å². The number of ether oxygens (including phenoxy) is 1. The molecule has 18 heavy (non-hydrogen) atoms. The number of carboxylic acids is 1. The second-order valence-electron chi connectivity index (χ2n) is 3.61. The lowest BCUT2D eigenvalue weighted by Crippen LogP contribution is -2.43. The van der Waals surface area contributed by atoms with Crippen LogP contribution in [0.1, 0.15) is 13.3 Å². The van der Waals surface area contributed by atoms with Crippen LogP contribution in [0.2, 0.25) is 0 Å². The molecule has 1 heterocycles. The average molecular weight is 297 g/mol. The molecule has 1 atom stereocenters. The van der Waals surface area contributed by atoms with Gasteiger partial charge in [-0.1, -0.05) is 0 Å². The third-order valence-electron chi connectivity index (χ3n) is 2.35. The van der Waals surface area contributed by atoms with Crippen LogP contribution < -0.4 is 0 Å². The van der Waals surface area contributed by atoms with Gasteiger partial charge >= 0.3 is 11.9 Å². The molecule has 0 aliphatic carbocycles. The van der Waals surface area contributed by atoms with E-state index in [2.05, 4.69) is 4.74 Å². The molecule has 0 bridgehead atoms. The maximum atomic E-state index is 11.9. The van der Waals surface area contributed by atoms with E-state index in [0.717, 1.165) is 4.31 Å². The van der Waals surface area contributed by atoms with Gasteiger partial charge in [0.2, 0.25) is 10.0 Å². The number of hydrogen-bond acceptors (Lipinski definition) is 6. The van der Waals surface area contributed by atoms with Crippen LogP contribution in [0.4, 0.5) is 0 Å². The van der Waals surface area contributed by atoms with Gasteiger partial charge in [-0.25, -0.2) is 8.42 Å². The molecule has 9 heteroatoms. The Morgan fingerprint density at radius 1 is 1.50 bits per heavy atom. The Bertz CT molecular complexity index is 421. The largest absolute Gasteiger partial charge is 0.480 e. The summed E-state index contributed by atoms with van der Waals surface area (Å²) in [4.78, 5) is 22.0. The molecule has 1 aliphatic rings. The number of thioether (sulfide) groups is 1. The van der Waals surface area contributed by atoms with Crippen molar-refractivity contribution in [3.8, 4) is 0 Å². The number of rotatable bonds is 6. The summed E-state index contributed by atoms with van der Waals surface area (Å²) in [6.07, 6.45) is -0.260. The van der Waals surface area contributed by atoms with Crippen molar-refractivity contribution in [2.75, 3.05) is 24.0 Å². The highest BCUT2D eigenvalue weighted by Gasteiger charge is 2.39. The summed E-state index contributed by atoms with van der Waals surface area (Å²) >= 11 is 1.24. The van der Waals surface area contributed by atoms with Crippen LogP contribution in [0, 0.1) is 0 Å². The van der Waals surface area contributed by atoms with E-state index in [1.165, 1.54) is 11.8 Å². The summed E-state index contributed by atoms with van der Waals surface area (Å²) in [6.45, 7) is 1.82. The van der Waals surface area contributed by atoms with Crippen molar-refractivity contribution in [2.24, 2.45) is 0 Å². The smallest absolute Gasteiger partial charge is 0.322 e. The lowest BCUT2D eigenvalue weighted by molar-refractivity contribution is -0.142. The molecule has 0 spiro atoms. The fourth-order valence-electron chi connectivity index (χ4n) is 1.46. The maximum Gasteiger partial charge on any atom is 0.322 e. The van der Waals surface area contributed by atoms with Gasteiger partial charge in [0.05, 0.1) is 24.7 Å². The molecule has 0 aromatic rings. The van der Waals surface area contributed by atoms with Crippen molar-refractivity contribution in [2.45, 2.75) is 19.4 Å². The second kappa shape index (κ2) is 6.39. The SMILES string of the molecule is CCOC(=O)CCS(=O)(=O)N1CSCC1C(=O)O. The molecule has 0 aromatic carbocycles.